The second kappa shape index (κ2) is 5.81. The van der Waals surface area contributed by atoms with Gasteiger partial charge in [0, 0.05) is 25.1 Å². The summed E-state index contributed by atoms with van der Waals surface area (Å²) in [6.07, 6.45) is 1.31. The topological polar surface area (TPSA) is 49.2 Å². The molecule has 1 aliphatic rings. The lowest BCUT2D eigenvalue weighted by molar-refractivity contribution is 0.102. The Bertz CT molecular complexity index is 641. The van der Waals surface area contributed by atoms with E-state index in [2.05, 4.69) is 21.5 Å². The van der Waals surface area contributed by atoms with Gasteiger partial charge in [0.15, 0.2) is 5.65 Å². The number of halogens is 1. The smallest absolute Gasteiger partial charge is 0.215 e. The molecular weight excluding hydrogens is 290 g/mol. The maximum Gasteiger partial charge on any atom is 0.215 e. The third kappa shape index (κ3) is 2.72. The summed E-state index contributed by atoms with van der Waals surface area (Å²) >= 11 is 6.30. The zero-order chi connectivity index (χ0) is 15.0. The molecule has 0 radical (unpaired) electrons. The van der Waals surface area contributed by atoms with Gasteiger partial charge in [-0.3, -0.25) is 0 Å². The first-order valence-corrected chi connectivity index (χ1v) is 7.70. The summed E-state index contributed by atoms with van der Waals surface area (Å²) < 4.78 is 13.0. The maximum absolute atomic E-state index is 6.30. The second-order valence-electron chi connectivity index (χ2n) is 5.52. The van der Waals surface area contributed by atoms with Crippen molar-refractivity contribution in [1.29, 1.82) is 0 Å². The largest absolute Gasteiger partial charge is 0.481 e. The van der Waals surface area contributed by atoms with Crippen molar-refractivity contribution in [2.75, 3.05) is 13.7 Å². The van der Waals surface area contributed by atoms with Crippen LogP contribution in [-0.2, 0) is 11.3 Å². The van der Waals surface area contributed by atoms with Crippen molar-refractivity contribution in [3.05, 3.63) is 18.0 Å². The van der Waals surface area contributed by atoms with E-state index < -0.39 is 0 Å². The van der Waals surface area contributed by atoms with E-state index in [-0.39, 0.29) is 11.5 Å². The fraction of sp³-hybridized carbons (Fsp3) is 0.600. The highest BCUT2D eigenvalue weighted by atomic mass is 35.5. The quantitative estimate of drug-likeness (QED) is 0.814. The average molecular weight is 310 g/mol. The highest BCUT2D eigenvalue weighted by Gasteiger charge is 2.27. The van der Waals surface area contributed by atoms with Crippen molar-refractivity contribution >= 4 is 22.8 Å². The molecule has 1 saturated heterocycles. The summed E-state index contributed by atoms with van der Waals surface area (Å²) in [6.45, 7) is 5.70. The molecule has 1 fully saturated rings. The number of imidazole rings is 1. The van der Waals surface area contributed by atoms with Crippen molar-refractivity contribution in [3.8, 4) is 5.88 Å². The molecule has 3 unspecified atom stereocenters. The van der Waals surface area contributed by atoms with Crippen LogP contribution in [0.3, 0.4) is 0 Å². The number of aromatic nitrogens is 3. The van der Waals surface area contributed by atoms with E-state index >= 15 is 0 Å². The van der Waals surface area contributed by atoms with Gasteiger partial charge in [-0.2, -0.15) is 4.98 Å². The van der Waals surface area contributed by atoms with Crippen LogP contribution in [0.1, 0.15) is 31.5 Å². The number of rotatable bonds is 4. The van der Waals surface area contributed by atoms with E-state index in [0.29, 0.717) is 11.8 Å². The molecule has 6 heteroatoms. The van der Waals surface area contributed by atoms with Gasteiger partial charge in [-0.1, -0.05) is 0 Å². The summed E-state index contributed by atoms with van der Waals surface area (Å²) in [5.41, 5.74) is 1.68. The number of hydrogen-bond donors (Lipinski definition) is 0. The van der Waals surface area contributed by atoms with Gasteiger partial charge < -0.3 is 14.0 Å². The van der Waals surface area contributed by atoms with Crippen LogP contribution in [-0.4, -0.2) is 34.4 Å². The molecule has 1 aliphatic heterocycles. The fourth-order valence-electron chi connectivity index (χ4n) is 2.85. The fourth-order valence-corrected chi connectivity index (χ4v) is 3.02. The third-order valence-corrected chi connectivity index (χ3v) is 4.31. The normalized spacial score (nSPS) is 23.6. The molecule has 0 amide bonds. The van der Waals surface area contributed by atoms with Crippen LogP contribution in [0.2, 0.25) is 0 Å². The Morgan fingerprint density at radius 3 is 2.90 bits per heavy atom. The van der Waals surface area contributed by atoms with Crippen molar-refractivity contribution in [1.82, 2.24) is 14.5 Å². The summed E-state index contributed by atoms with van der Waals surface area (Å²) in [6, 6.07) is 3.75. The molecule has 21 heavy (non-hydrogen) atoms. The lowest BCUT2D eigenvalue weighted by atomic mass is 10.0. The van der Waals surface area contributed by atoms with Gasteiger partial charge in [-0.15, -0.1) is 11.6 Å². The number of ether oxygens (including phenoxy) is 2. The van der Waals surface area contributed by atoms with Crippen LogP contribution in [0.5, 0.6) is 5.88 Å². The van der Waals surface area contributed by atoms with E-state index in [1.165, 1.54) is 0 Å². The van der Waals surface area contributed by atoms with E-state index in [4.69, 9.17) is 21.1 Å². The van der Waals surface area contributed by atoms with Crippen LogP contribution < -0.4 is 4.74 Å². The minimum absolute atomic E-state index is 0.164. The molecule has 2 aromatic rings. The molecule has 5 nitrogen and oxygen atoms in total. The SMILES string of the molecule is COc1ccc2nc(C(C)Cl)n(CC3CCOC3C)c2n1. The standard InChI is InChI=1S/C15H20ClN3O2/c1-9(16)14-17-12-4-5-13(20-3)18-15(12)19(14)8-11-6-7-21-10(11)2/h4-5,9-11H,6-8H2,1-3H3. The Labute approximate surface area is 129 Å². The summed E-state index contributed by atoms with van der Waals surface area (Å²) in [4.78, 5) is 9.17. The zero-order valence-corrected chi connectivity index (χ0v) is 13.3. The van der Waals surface area contributed by atoms with Gasteiger partial charge in [0.25, 0.3) is 0 Å². The molecule has 0 spiro atoms. The predicted octanol–water partition coefficient (Wildman–Crippen LogP) is 3.16. The minimum Gasteiger partial charge on any atom is -0.481 e. The van der Waals surface area contributed by atoms with Crippen molar-refractivity contribution in [2.24, 2.45) is 5.92 Å². The summed E-state index contributed by atoms with van der Waals surface area (Å²) in [5.74, 6) is 1.91. The van der Waals surface area contributed by atoms with Crippen LogP contribution in [0.25, 0.3) is 11.2 Å². The predicted molar refractivity (Wildman–Crippen MR) is 81.9 cm³/mol. The molecule has 0 aliphatic carbocycles. The Morgan fingerprint density at radius 1 is 1.48 bits per heavy atom. The van der Waals surface area contributed by atoms with Gasteiger partial charge >= 0.3 is 0 Å². The molecular formula is C15H20ClN3O2. The number of pyridine rings is 1. The van der Waals surface area contributed by atoms with Crippen LogP contribution in [0.4, 0.5) is 0 Å². The molecule has 3 rings (SSSR count). The Morgan fingerprint density at radius 2 is 2.29 bits per heavy atom. The van der Waals surface area contributed by atoms with Gasteiger partial charge in [-0.25, -0.2) is 4.98 Å². The monoisotopic (exact) mass is 309 g/mol. The molecule has 0 aromatic carbocycles. The van der Waals surface area contributed by atoms with Gasteiger partial charge in [0.2, 0.25) is 5.88 Å². The van der Waals surface area contributed by atoms with Crippen LogP contribution in [0, 0.1) is 5.92 Å². The van der Waals surface area contributed by atoms with Crippen LogP contribution in [0.15, 0.2) is 12.1 Å². The Balaban J connectivity index is 2.05. The lowest BCUT2D eigenvalue weighted by Crippen LogP contribution is -2.19. The first-order chi connectivity index (χ1) is 10.1. The average Bonchev–Trinajstić information content (AvgIpc) is 3.03. The van der Waals surface area contributed by atoms with Crippen molar-refractivity contribution in [2.45, 2.75) is 38.3 Å². The molecule has 0 saturated carbocycles. The first-order valence-electron chi connectivity index (χ1n) is 7.27. The number of hydrogen-bond acceptors (Lipinski definition) is 4. The maximum atomic E-state index is 6.30. The van der Waals surface area contributed by atoms with E-state index in [0.717, 1.165) is 36.6 Å². The van der Waals surface area contributed by atoms with E-state index in [9.17, 15) is 0 Å². The molecule has 114 valence electrons. The summed E-state index contributed by atoms with van der Waals surface area (Å²) in [7, 11) is 1.62. The number of fused-ring (bicyclic) bond motifs is 1. The number of alkyl halides is 1. The molecule has 3 heterocycles. The van der Waals surface area contributed by atoms with E-state index in [1.54, 1.807) is 7.11 Å². The van der Waals surface area contributed by atoms with Gasteiger partial charge in [0.05, 0.1) is 18.6 Å². The number of nitrogens with zero attached hydrogens (tertiary/aromatic N) is 3. The summed E-state index contributed by atoms with van der Waals surface area (Å²) in [5, 5.41) is -0.164. The van der Waals surface area contributed by atoms with Crippen molar-refractivity contribution < 1.29 is 9.47 Å². The third-order valence-electron chi connectivity index (χ3n) is 4.11. The second-order valence-corrected chi connectivity index (χ2v) is 6.17. The molecule has 0 bridgehead atoms. The van der Waals surface area contributed by atoms with Gasteiger partial charge in [-0.05, 0) is 26.3 Å². The molecule has 2 aromatic heterocycles. The highest BCUT2D eigenvalue weighted by molar-refractivity contribution is 6.20. The Hall–Kier alpha value is -1.33. The first kappa shape index (κ1) is 14.6. The number of methoxy groups -OCH3 is 1. The van der Waals surface area contributed by atoms with Crippen LogP contribution >= 0.6 is 11.6 Å². The minimum atomic E-state index is -0.164. The van der Waals surface area contributed by atoms with E-state index in [1.807, 2.05) is 19.1 Å². The lowest BCUT2D eigenvalue weighted by Gasteiger charge is -2.17. The Kier molecular flexibility index (Phi) is 4.04. The van der Waals surface area contributed by atoms with Gasteiger partial charge in [0.1, 0.15) is 11.3 Å². The zero-order valence-electron chi connectivity index (χ0n) is 12.5. The highest BCUT2D eigenvalue weighted by Crippen LogP contribution is 2.29. The molecule has 0 N–H and O–H groups in total. The van der Waals surface area contributed by atoms with Crippen molar-refractivity contribution in [3.63, 3.8) is 0 Å². The molecule has 3 atom stereocenters.